The standard InChI is InChI=1S/C22H27BrClFN4O/c1-5-13(6-2)11-29-12-27-21-18(29)10-15(22(3,30)26-4)20(19(21)25)28-17-8-7-14(23)9-16(17)24/h7-10,12-13,26,28,30H,5-6,11H2,1-4H3. The van der Waals surface area contributed by atoms with Gasteiger partial charge in [0.15, 0.2) is 5.82 Å². The lowest BCUT2D eigenvalue weighted by molar-refractivity contribution is 0.0288. The quantitative estimate of drug-likeness (QED) is 0.326. The lowest BCUT2D eigenvalue weighted by atomic mass is 10.00. The van der Waals surface area contributed by atoms with E-state index in [9.17, 15) is 5.11 Å². The van der Waals surface area contributed by atoms with Gasteiger partial charge in [-0.1, -0.05) is 54.2 Å². The summed E-state index contributed by atoms with van der Waals surface area (Å²) in [6.45, 7) is 6.63. The van der Waals surface area contributed by atoms with E-state index in [1.54, 1.807) is 38.5 Å². The van der Waals surface area contributed by atoms with Gasteiger partial charge in [0, 0.05) is 16.6 Å². The second-order valence-electron chi connectivity index (χ2n) is 7.63. The summed E-state index contributed by atoms with van der Waals surface area (Å²) < 4.78 is 18.5. The average Bonchev–Trinajstić information content (AvgIpc) is 3.12. The molecule has 0 aliphatic rings. The van der Waals surface area contributed by atoms with Gasteiger partial charge in [-0.3, -0.25) is 5.32 Å². The van der Waals surface area contributed by atoms with Crippen LogP contribution >= 0.6 is 27.5 Å². The zero-order valence-electron chi connectivity index (χ0n) is 17.6. The number of hydrogen-bond acceptors (Lipinski definition) is 4. The molecule has 162 valence electrons. The zero-order valence-corrected chi connectivity index (χ0v) is 19.9. The summed E-state index contributed by atoms with van der Waals surface area (Å²) in [7, 11) is 1.62. The van der Waals surface area contributed by atoms with E-state index in [0.717, 1.165) is 23.9 Å². The molecule has 1 unspecified atom stereocenters. The molecular weight excluding hydrogens is 471 g/mol. The molecule has 0 spiro atoms. The molecule has 2 aromatic carbocycles. The van der Waals surface area contributed by atoms with Gasteiger partial charge in [-0.2, -0.15) is 0 Å². The van der Waals surface area contributed by atoms with Gasteiger partial charge in [0.1, 0.15) is 11.2 Å². The van der Waals surface area contributed by atoms with E-state index in [4.69, 9.17) is 11.6 Å². The summed E-state index contributed by atoms with van der Waals surface area (Å²) in [5, 5.41) is 17.3. The van der Waals surface area contributed by atoms with Crippen LogP contribution in [0.3, 0.4) is 0 Å². The summed E-state index contributed by atoms with van der Waals surface area (Å²) in [5.74, 6) is -0.0570. The van der Waals surface area contributed by atoms with Crippen molar-refractivity contribution >= 4 is 49.9 Å². The van der Waals surface area contributed by atoms with Gasteiger partial charge in [-0.25, -0.2) is 9.37 Å². The van der Waals surface area contributed by atoms with Crippen molar-refractivity contribution in [3.63, 3.8) is 0 Å². The highest BCUT2D eigenvalue weighted by Crippen LogP contribution is 2.38. The Kier molecular flexibility index (Phi) is 7.07. The number of benzene rings is 2. The predicted octanol–water partition coefficient (Wildman–Crippen LogP) is 6.16. The summed E-state index contributed by atoms with van der Waals surface area (Å²) in [6.07, 6.45) is 3.73. The Balaban J connectivity index is 2.18. The van der Waals surface area contributed by atoms with Crippen molar-refractivity contribution in [1.29, 1.82) is 0 Å². The number of anilines is 2. The van der Waals surface area contributed by atoms with Crippen molar-refractivity contribution in [2.75, 3.05) is 12.4 Å². The lowest BCUT2D eigenvalue weighted by Crippen LogP contribution is -2.37. The van der Waals surface area contributed by atoms with Crippen LogP contribution in [0.25, 0.3) is 11.0 Å². The molecule has 0 aliphatic heterocycles. The average molecular weight is 498 g/mol. The van der Waals surface area contributed by atoms with E-state index < -0.39 is 11.5 Å². The molecule has 1 heterocycles. The summed E-state index contributed by atoms with van der Waals surface area (Å²) in [5.41, 5.74) is 0.482. The highest BCUT2D eigenvalue weighted by atomic mass is 79.9. The first-order valence-electron chi connectivity index (χ1n) is 10.0. The van der Waals surface area contributed by atoms with E-state index >= 15 is 4.39 Å². The second-order valence-corrected chi connectivity index (χ2v) is 8.95. The number of fused-ring (bicyclic) bond motifs is 1. The third kappa shape index (κ3) is 4.49. The summed E-state index contributed by atoms with van der Waals surface area (Å²) in [6, 6.07) is 7.07. The Hall–Kier alpha value is -1.67. The Labute approximate surface area is 189 Å². The van der Waals surface area contributed by atoms with E-state index in [0.29, 0.717) is 27.7 Å². The minimum Gasteiger partial charge on any atom is -0.372 e. The minimum absolute atomic E-state index is 0.138. The van der Waals surface area contributed by atoms with Crippen molar-refractivity contribution in [3.05, 3.63) is 51.5 Å². The topological polar surface area (TPSA) is 62.1 Å². The molecule has 0 aliphatic carbocycles. The van der Waals surface area contributed by atoms with Gasteiger partial charge >= 0.3 is 0 Å². The predicted molar refractivity (Wildman–Crippen MR) is 125 cm³/mol. The number of halogens is 3. The van der Waals surface area contributed by atoms with Crippen LogP contribution in [-0.2, 0) is 12.3 Å². The molecule has 0 bridgehead atoms. The molecule has 30 heavy (non-hydrogen) atoms. The lowest BCUT2D eigenvalue weighted by Gasteiger charge is -2.27. The first kappa shape index (κ1) is 23.0. The van der Waals surface area contributed by atoms with Crippen molar-refractivity contribution in [1.82, 2.24) is 14.9 Å². The highest BCUT2D eigenvalue weighted by molar-refractivity contribution is 9.10. The van der Waals surface area contributed by atoms with Gasteiger partial charge in [-0.05, 0) is 44.2 Å². The molecule has 8 heteroatoms. The molecule has 0 fully saturated rings. The van der Waals surface area contributed by atoms with E-state index in [1.807, 2.05) is 10.6 Å². The molecule has 0 amide bonds. The van der Waals surface area contributed by atoms with Crippen molar-refractivity contribution in [2.24, 2.45) is 5.92 Å². The molecule has 5 nitrogen and oxygen atoms in total. The van der Waals surface area contributed by atoms with Gasteiger partial charge in [0.05, 0.1) is 28.2 Å². The Bertz CT molecular complexity index is 1050. The first-order valence-corrected chi connectivity index (χ1v) is 11.2. The number of nitrogens with one attached hydrogen (secondary N) is 2. The summed E-state index contributed by atoms with van der Waals surface area (Å²) in [4.78, 5) is 4.33. The minimum atomic E-state index is -1.47. The number of aliphatic hydroxyl groups is 1. The molecule has 0 saturated heterocycles. The molecule has 1 aromatic heterocycles. The number of aromatic nitrogens is 2. The normalized spacial score (nSPS) is 13.8. The molecule has 0 saturated carbocycles. The maximum atomic E-state index is 15.7. The van der Waals surface area contributed by atoms with E-state index in [2.05, 4.69) is 45.4 Å². The number of nitrogens with zero attached hydrogens (tertiary/aromatic N) is 2. The molecular formula is C22H27BrClFN4O. The van der Waals surface area contributed by atoms with Crippen LogP contribution in [0.5, 0.6) is 0 Å². The van der Waals surface area contributed by atoms with Crippen LogP contribution in [0.1, 0.15) is 39.2 Å². The van der Waals surface area contributed by atoms with Gasteiger partial charge < -0.3 is 15.0 Å². The highest BCUT2D eigenvalue weighted by Gasteiger charge is 2.29. The smallest absolute Gasteiger partial charge is 0.174 e. The maximum Gasteiger partial charge on any atom is 0.174 e. The number of rotatable bonds is 8. The fraction of sp³-hybridized carbons (Fsp3) is 0.409. The largest absolute Gasteiger partial charge is 0.372 e. The zero-order chi connectivity index (χ0) is 22.1. The van der Waals surface area contributed by atoms with Crippen LogP contribution < -0.4 is 10.6 Å². The Morgan fingerprint density at radius 2 is 2.00 bits per heavy atom. The fourth-order valence-electron chi connectivity index (χ4n) is 3.49. The third-order valence-electron chi connectivity index (χ3n) is 5.67. The number of imidazole rings is 1. The van der Waals surface area contributed by atoms with Gasteiger partial charge in [0.25, 0.3) is 0 Å². The molecule has 1 atom stereocenters. The van der Waals surface area contributed by atoms with Crippen molar-refractivity contribution < 1.29 is 9.50 Å². The molecule has 3 rings (SSSR count). The van der Waals surface area contributed by atoms with Crippen LogP contribution in [0.15, 0.2) is 35.1 Å². The Morgan fingerprint density at radius 1 is 1.30 bits per heavy atom. The van der Waals surface area contributed by atoms with Crippen molar-refractivity contribution in [2.45, 2.75) is 45.9 Å². The van der Waals surface area contributed by atoms with Gasteiger partial charge in [-0.15, -0.1) is 0 Å². The summed E-state index contributed by atoms with van der Waals surface area (Å²) >= 11 is 9.70. The maximum absolute atomic E-state index is 15.7. The second kappa shape index (κ2) is 9.22. The number of hydrogen-bond donors (Lipinski definition) is 3. The van der Waals surface area contributed by atoms with Crippen LogP contribution in [0, 0.1) is 11.7 Å². The van der Waals surface area contributed by atoms with Crippen LogP contribution in [-0.4, -0.2) is 21.7 Å². The first-order chi connectivity index (χ1) is 14.2. The monoisotopic (exact) mass is 496 g/mol. The molecule has 3 N–H and O–H groups in total. The molecule has 3 aromatic rings. The van der Waals surface area contributed by atoms with Crippen LogP contribution in [0.2, 0.25) is 5.02 Å². The molecule has 0 radical (unpaired) electrons. The van der Waals surface area contributed by atoms with Crippen molar-refractivity contribution in [3.8, 4) is 0 Å². The Morgan fingerprint density at radius 3 is 2.60 bits per heavy atom. The van der Waals surface area contributed by atoms with Crippen LogP contribution in [0.4, 0.5) is 15.8 Å². The fourth-order valence-corrected chi connectivity index (χ4v) is 4.22. The third-order valence-corrected chi connectivity index (χ3v) is 6.47. The SMILES string of the molecule is CCC(CC)Cn1cnc2c(F)c(Nc3ccc(Br)cc3Cl)c(C(C)(O)NC)cc21. The van der Waals surface area contributed by atoms with E-state index in [-0.39, 0.29) is 11.2 Å². The van der Waals surface area contributed by atoms with Gasteiger partial charge in [0.2, 0.25) is 0 Å². The van der Waals surface area contributed by atoms with E-state index in [1.165, 1.54) is 0 Å².